The molecule has 0 amide bonds. The molecule has 0 aromatic heterocycles. The van der Waals surface area contributed by atoms with Crippen LogP contribution in [0.5, 0.6) is 0 Å². The van der Waals surface area contributed by atoms with Crippen molar-refractivity contribution in [3.05, 3.63) is 0 Å². The molecule has 1 heterocycles. The Kier molecular flexibility index (Phi) is 7.60. The standard InChI is InChI=1S/C8H13NO.C5H10O2/c1-2-8(10)7-5-3-4-6-9-7;1-5(2,3)7-4-6/h1,7-10H,3-6H2;4H,1-3H3. The Morgan fingerprint density at radius 1 is 1.53 bits per heavy atom. The van der Waals surface area contributed by atoms with Crippen LogP contribution in [0.3, 0.4) is 0 Å². The average Bonchev–Trinajstić information content (AvgIpc) is 2.28. The molecule has 0 radical (unpaired) electrons. The second-order valence-electron chi connectivity index (χ2n) is 4.99. The summed E-state index contributed by atoms with van der Waals surface area (Å²) in [5, 5.41) is 12.4. The van der Waals surface area contributed by atoms with Crippen molar-refractivity contribution in [1.82, 2.24) is 5.32 Å². The molecule has 0 spiro atoms. The minimum Gasteiger partial charge on any atom is -0.462 e. The third kappa shape index (κ3) is 8.73. The van der Waals surface area contributed by atoms with Crippen LogP contribution in [0.1, 0.15) is 40.0 Å². The Morgan fingerprint density at radius 2 is 2.18 bits per heavy atom. The van der Waals surface area contributed by atoms with E-state index in [0.717, 1.165) is 13.0 Å². The van der Waals surface area contributed by atoms with Gasteiger partial charge in [-0.1, -0.05) is 12.3 Å². The van der Waals surface area contributed by atoms with Crippen molar-refractivity contribution in [1.29, 1.82) is 0 Å². The number of rotatable bonds is 2. The van der Waals surface area contributed by atoms with Crippen molar-refractivity contribution in [2.45, 2.75) is 57.8 Å². The molecule has 2 N–H and O–H groups in total. The zero-order valence-corrected chi connectivity index (χ0v) is 10.9. The normalized spacial score (nSPS) is 21.5. The monoisotopic (exact) mass is 241 g/mol. The first kappa shape index (κ1) is 16.0. The molecule has 0 aromatic rings. The fourth-order valence-corrected chi connectivity index (χ4v) is 1.41. The maximum Gasteiger partial charge on any atom is 0.293 e. The van der Waals surface area contributed by atoms with Crippen LogP contribution in [0, 0.1) is 12.3 Å². The molecule has 1 aliphatic rings. The van der Waals surface area contributed by atoms with Crippen LogP contribution in [0.25, 0.3) is 0 Å². The highest BCUT2D eigenvalue weighted by atomic mass is 16.5. The van der Waals surface area contributed by atoms with Gasteiger partial charge in [-0.25, -0.2) is 0 Å². The molecule has 1 fully saturated rings. The second-order valence-corrected chi connectivity index (χ2v) is 4.99. The average molecular weight is 241 g/mol. The van der Waals surface area contributed by atoms with Crippen molar-refractivity contribution in [2.75, 3.05) is 6.54 Å². The molecule has 17 heavy (non-hydrogen) atoms. The predicted octanol–water partition coefficient (Wildman–Crippen LogP) is 1.08. The van der Waals surface area contributed by atoms with Gasteiger partial charge >= 0.3 is 0 Å². The molecule has 98 valence electrons. The summed E-state index contributed by atoms with van der Waals surface area (Å²) in [5.74, 6) is 2.33. The molecule has 0 saturated carbocycles. The van der Waals surface area contributed by atoms with Crippen molar-refractivity contribution >= 4 is 6.47 Å². The Labute approximate surface area is 104 Å². The van der Waals surface area contributed by atoms with Gasteiger partial charge in [-0.3, -0.25) is 4.79 Å². The first-order valence-electron chi connectivity index (χ1n) is 5.89. The Hall–Kier alpha value is -1.05. The number of nitrogens with one attached hydrogen (secondary N) is 1. The number of piperidine rings is 1. The van der Waals surface area contributed by atoms with E-state index in [1.165, 1.54) is 12.8 Å². The first-order valence-corrected chi connectivity index (χ1v) is 5.89. The Balaban J connectivity index is 0.000000325. The topological polar surface area (TPSA) is 58.6 Å². The number of terminal acetylenes is 1. The summed E-state index contributed by atoms with van der Waals surface area (Å²) >= 11 is 0. The highest BCUT2D eigenvalue weighted by Gasteiger charge is 2.18. The van der Waals surface area contributed by atoms with Crippen LogP contribution in [-0.4, -0.2) is 35.9 Å². The molecule has 0 aromatic carbocycles. The molecule has 2 unspecified atom stereocenters. The lowest BCUT2D eigenvalue weighted by Crippen LogP contribution is -2.42. The third-order valence-electron chi connectivity index (χ3n) is 2.30. The van der Waals surface area contributed by atoms with Gasteiger partial charge in [0.05, 0.1) is 0 Å². The lowest BCUT2D eigenvalue weighted by Gasteiger charge is -2.24. The van der Waals surface area contributed by atoms with Crippen molar-refractivity contribution in [2.24, 2.45) is 0 Å². The van der Waals surface area contributed by atoms with E-state index in [2.05, 4.69) is 16.0 Å². The van der Waals surface area contributed by atoms with Crippen molar-refractivity contribution in [3.8, 4) is 12.3 Å². The fourth-order valence-electron chi connectivity index (χ4n) is 1.41. The molecule has 4 heteroatoms. The molecule has 0 bridgehead atoms. The number of carbonyl (C=O) groups is 1. The minimum absolute atomic E-state index is 0.138. The molecule has 2 atom stereocenters. The summed E-state index contributed by atoms with van der Waals surface area (Å²) in [6.45, 7) is 6.91. The lowest BCUT2D eigenvalue weighted by atomic mass is 10.0. The summed E-state index contributed by atoms with van der Waals surface area (Å²) < 4.78 is 4.55. The van der Waals surface area contributed by atoms with E-state index in [1.54, 1.807) is 0 Å². The maximum atomic E-state index is 9.60. The highest BCUT2D eigenvalue weighted by Crippen LogP contribution is 2.09. The van der Waals surface area contributed by atoms with Crippen LogP contribution < -0.4 is 5.32 Å². The van der Waals surface area contributed by atoms with Gasteiger partial charge < -0.3 is 15.2 Å². The van der Waals surface area contributed by atoms with E-state index in [0.29, 0.717) is 6.47 Å². The minimum atomic E-state index is -0.597. The highest BCUT2D eigenvalue weighted by molar-refractivity contribution is 5.37. The van der Waals surface area contributed by atoms with Crippen molar-refractivity contribution in [3.63, 3.8) is 0 Å². The molecule has 1 rings (SSSR count). The lowest BCUT2D eigenvalue weighted by molar-refractivity contribution is -0.138. The smallest absolute Gasteiger partial charge is 0.293 e. The van der Waals surface area contributed by atoms with Gasteiger partial charge in [0, 0.05) is 6.04 Å². The van der Waals surface area contributed by atoms with E-state index >= 15 is 0 Å². The fraction of sp³-hybridized carbons (Fsp3) is 0.769. The molecule has 4 nitrogen and oxygen atoms in total. The van der Waals surface area contributed by atoms with Crippen LogP contribution in [0.2, 0.25) is 0 Å². The number of hydrogen-bond donors (Lipinski definition) is 2. The van der Waals surface area contributed by atoms with Gasteiger partial charge in [-0.2, -0.15) is 0 Å². The Bertz CT molecular complexity index is 246. The second kappa shape index (κ2) is 8.10. The van der Waals surface area contributed by atoms with Crippen LogP contribution in [0.15, 0.2) is 0 Å². The van der Waals surface area contributed by atoms with E-state index in [1.807, 2.05) is 20.8 Å². The number of carbonyl (C=O) groups excluding carboxylic acids is 1. The first-order chi connectivity index (χ1) is 7.90. The predicted molar refractivity (Wildman–Crippen MR) is 67.4 cm³/mol. The molecule has 0 aliphatic carbocycles. The van der Waals surface area contributed by atoms with Gasteiger partial charge in [0.15, 0.2) is 0 Å². The summed E-state index contributed by atoms with van der Waals surface area (Å²) in [6.07, 6.45) is 7.85. The summed E-state index contributed by atoms with van der Waals surface area (Å²) in [6, 6.07) is 0.138. The number of aliphatic hydroxyl groups is 1. The van der Waals surface area contributed by atoms with Crippen LogP contribution in [0.4, 0.5) is 0 Å². The number of hydrogen-bond acceptors (Lipinski definition) is 4. The maximum absolute atomic E-state index is 9.60. The number of aliphatic hydroxyl groups excluding tert-OH is 1. The van der Waals surface area contributed by atoms with Gasteiger partial charge in [0.1, 0.15) is 11.7 Å². The molecule has 1 aliphatic heterocycles. The summed E-state index contributed by atoms with van der Waals surface area (Å²) in [4.78, 5) is 9.60. The van der Waals surface area contributed by atoms with Crippen LogP contribution in [-0.2, 0) is 9.53 Å². The molecular weight excluding hydrogens is 218 g/mol. The quantitative estimate of drug-likeness (QED) is 0.561. The Morgan fingerprint density at radius 3 is 2.47 bits per heavy atom. The van der Waals surface area contributed by atoms with Gasteiger partial charge in [0.2, 0.25) is 0 Å². The summed E-state index contributed by atoms with van der Waals surface area (Å²) in [5.41, 5.74) is -0.318. The molecule has 1 saturated heterocycles. The third-order valence-corrected chi connectivity index (χ3v) is 2.30. The molecular formula is C13H23NO3. The van der Waals surface area contributed by atoms with Gasteiger partial charge in [-0.15, -0.1) is 6.42 Å². The van der Waals surface area contributed by atoms with Gasteiger partial charge in [-0.05, 0) is 40.2 Å². The largest absolute Gasteiger partial charge is 0.462 e. The van der Waals surface area contributed by atoms with E-state index in [9.17, 15) is 9.90 Å². The van der Waals surface area contributed by atoms with Crippen molar-refractivity contribution < 1.29 is 14.6 Å². The van der Waals surface area contributed by atoms with E-state index < -0.39 is 6.10 Å². The number of ether oxygens (including phenoxy) is 1. The zero-order chi connectivity index (χ0) is 13.3. The van der Waals surface area contributed by atoms with E-state index in [-0.39, 0.29) is 11.6 Å². The van der Waals surface area contributed by atoms with E-state index in [4.69, 9.17) is 6.42 Å². The van der Waals surface area contributed by atoms with Gasteiger partial charge in [0.25, 0.3) is 6.47 Å². The zero-order valence-electron chi connectivity index (χ0n) is 10.9. The summed E-state index contributed by atoms with van der Waals surface area (Å²) in [7, 11) is 0. The SMILES string of the molecule is C#CC(O)C1CCCCN1.CC(C)(C)OC=O. The van der Waals surface area contributed by atoms with Crippen LogP contribution >= 0.6 is 0 Å².